The first-order valence-electron chi connectivity index (χ1n) is 5.13. The Morgan fingerprint density at radius 1 is 1.40 bits per heavy atom. The van der Waals surface area contributed by atoms with Crippen molar-refractivity contribution < 1.29 is 14.3 Å². The lowest BCUT2D eigenvalue weighted by Crippen LogP contribution is -2.27. The fourth-order valence-electron chi connectivity index (χ4n) is 2.25. The van der Waals surface area contributed by atoms with Gasteiger partial charge in [-0.2, -0.15) is 0 Å². The van der Waals surface area contributed by atoms with Crippen molar-refractivity contribution in [2.24, 2.45) is 5.92 Å². The molecule has 2 aliphatic heterocycles. The SMILES string of the molecule is Cc1ccc2c(c1)C1OCC(=O)C1CO2. The van der Waals surface area contributed by atoms with Crippen molar-refractivity contribution in [2.75, 3.05) is 13.2 Å². The second-order valence-electron chi connectivity index (χ2n) is 4.16. The van der Waals surface area contributed by atoms with Crippen molar-refractivity contribution in [1.82, 2.24) is 0 Å². The molecule has 0 bridgehead atoms. The van der Waals surface area contributed by atoms with Gasteiger partial charge in [-0.25, -0.2) is 0 Å². The van der Waals surface area contributed by atoms with Gasteiger partial charge in [0.15, 0.2) is 5.78 Å². The van der Waals surface area contributed by atoms with Crippen LogP contribution in [0.2, 0.25) is 0 Å². The molecule has 0 aromatic heterocycles. The third kappa shape index (κ3) is 1.27. The smallest absolute Gasteiger partial charge is 0.167 e. The Kier molecular flexibility index (Phi) is 1.83. The molecule has 1 saturated heterocycles. The van der Waals surface area contributed by atoms with Gasteiger partial charge in [-0.05, 0) is 19.1 Å². The first-order valence-corrected chi connectivity index (χ1v) is 5.13. The number of fused-ring (bicyclic) bond motifs is 3. The van der Waals surface area contributed by atoms with Crippen LogP contribution in [0.1, 0.15) is 17.2 Å². The minimum absolute atomic E-state index is 0.0823. The fourth-order valence-corrected chi connectivity index (χ4v) is 2.25. The number of rotatable bonds is 0. The predicted molar refractivity (Wildman–Crippen MR) is 53.9 cm³/mol. The van der Waals surface area contributed by atoms with Gasteiger partial charge in [-0.1, -0.05) is 11.6 Å². The standard InChI is InChI=1S/C12H12O3/c1-7-2-3-11-8(4-7)12-9(5-14-11)10(13)6-15-12/h2-4,9,12H,5-6H2,1H3. The van der Waals surface area contributed by atoms with Gasteiger partial charge in [0, 0.05) is 5.56 Å². The molecule has 2 unspecified atom stereocenters. The molecule has 2 atom stereocenters. The van der Waals surface area contributed by atoms with Crippen molar-refractivity contribution in [1.29, 1.82) is 0 Å². The van der Waals surface area contributed by atoms with Crippen LogP contribution in [0.3, 0.4) is 0 Å². The Morgan fingerprint density at radius 2 is 2.27 bits per heavy atom. The van der Waals surface area contributed by atoms with Gasteiger partial charge in [0.1, 0.15) is 19.0 Å². The summed E-state index contributed by atoms with van der Waals surface area (Å²) >= 11 is 0. The van der Waals surface area contributed by atoms with Crippen molar-refractivity contribution in [3.63, 3.8) is 0 Å². The zero-order chi connectivity index (χ0) is 10.4. The first-order chi connectivity index (χ1) is 7.25. The Bertz CT molecular complexity index is 425. The summed E-state index contributed by atoms with van der Waals surface area (Å²) in [6, 6.07) is 6.01. The van der Waals surface area contributed by atoms with Crippen LogP contribution in [0.15, 0.2) is 18.2 Å². The Balaban J connectivity index is 2.08. The highest BCUT2D eigenvalue weighted by Crippen LogP contribution is 2.41. The molecular formula is C12H12O3. The van der Waals surface area contributed by atoms with Crippen molar-refractivity contribution in [3.05, 3.63) is 29.3 Å². The topological polar surface area (TPSA) is 35.5 Å². The van der Waals surface area contributed by atoms with Gasteiger partial charge in [0.05, 0.1) is 12.0 Å². The zero-order valence-electron chi connectivity index (χ0n) is 8.53. The third-order valence-corrected chi connectivity index (χ3v) is 3.07. The maximum atomic E-state index is 11.5. The average Bonchev–Trinajstić information content (AvgIpc) is 2.61. The molecule has 1 fully saturated rings. The molecule has 15 heavy (non-hydrogen) atoms. The summed E-state index contributed by atoms with van der Waals surface area (Å²) < 4.78 is 11.1. The lowest BCUT2D eigenvalue weighted by Gasteiger charge is -2.26. The van der Waals surface area contributed by atoms with Crippen LogP contribution in [0.5, 0.6) is 5.75 Å². The van der Waals surface area contributed by atoms with Crippen molar-refractivity contribution in [2.45, 2.75) is 13.0 Å². The van der Waals surface area contributed by atoms with E-state index in [1.165, 1.54) is 5.56 Å². The van der Waals surface area contributed by atoms with Crippen LogP contribution < -0.4 is 4.74 Å². The maximum Gasteiger partial charge on any atom is 0.167 e. The molecule has 0 N–H and O–H groups in total. The van der Waals surface area contributed by atoms with Gasteiger partial charge in [-0.15, -0.1) is 0 Å². The van der Waals surface area contributed by atoms with Gasteiger partial charge in [-0.3, -0.25) is 4.79 Å². The largest absolute Gasteiger partial charge is 0.492 e. The van der Waals surface area contributed by atoms with E-state index in [2.05, 4.69) is 0 Å². The Hall–Kier alpha value is -1.35. The van der Waals surface area contributed by atoms with Crippen molar-refractivity contribution >= 4 is 5.78 Å². The van der Waals surface area contributed by atoms with E-state index in [1.54, 1.807) is 0 Å². The molecule has 3 nitrogen and oxygen atoms in total. The molecule has 0 saturated carbocycles. The first kappa shape index (κ1) is 8.92. The molecule has 0 radical (unpaired) electrons. The van der Waals surface area contributed by atoms with Crippen LogP contribution >= 0.6 is 0 Å². The number of hydrogen-bond donors (Lipinski definition) is 0. The van der Waals surface area contributed by atoms with E-state index in [0.717, 1.165) is 11.3 Å². The van der Waals surface area contributed by atoms with Gasteiger partial charge >= 0.3 is 0 Å². The van der Waals surface area contributed by atoms with E-state index < -0.39 is 0 Å². The van der Waals surface area contributed by atoms with E-state index in [1.807, 2.05) is 25.1 Å². The molecule has 3 rings (SSSR count). The third-order valence-electron chi connectivity index (χ3n) is 3.07. The minimum Gasteiger partial charge on any atom is -0.492 e. The summed E-state index contributed by atoms with van der Waals surface area (Å²) in [6.07, 6.45) is -0.0823. The monoisotopic (exact) mass is 204 g/mol. The van der Waals surface area contributed by atoms with Crippen LogP contribution in [-0.4, -0.2) is 19.0 Å². The second kappa shape index (κ2) is 3.07. The van der Waals surface area contributed by atoms with Crippen molar-refractivity contribution in [3.8, 4) is 5.75 Å². The zero-order valence-corrected chi connectivity index (χ0v) is 8.53. The summed E-state index contributed by atoms with van der Waals surface area (Å²) in [7, 11) is 0. The number of carbonyl (C=O) groups excluding carboxylic acids is 1. The molecular weight excluding hydrogens is 192 g/mol. The maximum absolute atomic E-state index is 11.5. The lowest BCUT2D eigenvalue weighted by atomic mass is 9.91. The second-order valence-corrected chi connectivity index (χ2v) is 4.16. The summed E-state index contributed by atoms with van der Waals surface area (Å²) in [5.41, 5.74) is 2.19. The molecule has 0 aliphatic carbocycles. The van der Waals surface area contributed by atoms with E-state index in [0.29, 0.717) is 6.61 Å². The number of carbonyl (C=O) groups is 1. The molecule has 0 amide bonds. The molecule has 1 aromatic carbocycles. The van der Waals surface area contributed by atoms with Gasteiger partial charge < -0.3 is 9.47 Å². The van der Waals surface area contributed by atoms with Gasteiger partial charge in [0.25, 0.3) is 0 Å². The average molecular weight is 204 g/mol. The highest BCUT2D eigenvalue weighted by molar-refractivity contribution is 5.85. The number of ketones is 1. The number of benzene rings is 1. The summed E-state index contributed by atoms with van der Waals surface area (Å²) in [5, 5.41) is 0. The molecule has 1 aromatic rings. The van der Waals surface area contributed by atoms with E-state index in [-0.39, 0.29) is 24.4 Å². The van der Waals surface area contributed by atoms with Gasteiger partial charge in [0.2, 0.25) is 0 Å². The summed E-state index contributed by atoms with van der Waals surface area (Å²) in [5.74, 6) is 0.919. The molecule has 0 spiro atoms. The number of aryl methyl sites for hydroxylation is 1. The Morgan fingerprint density at radius 3 is 3.13 bits per heavy atom. The number of ether oxygens (including phenoxy) is 2. The van der Waals surface area contributed by atoms with Crippen LogP contribution in [-0.2, 0) is 9.53 Å². The molecule has 3 heteroatoms. The highest BCUT2D eigenvalue weighted by Gasteiger charge is 2.41. The number of Topliss-reactive ketones (excluding diaryl/α,β-unsaturated/α-hetero) is 1. The van der Waals surface area contributed by atoms with E-state index >= 15 is 0 Å². The quantitative estimate of drug-likeness (QED) is 0.644. The van der Waals surface area contributed by atoms with Crippen LogP contribution in [0.4, 0.5) is 0 Å². The molecule has 2 heterocycles. The predicted octanol–water partition coefficient (Wildman–Crippen LogP) is 1.64. The normalized spacial score (nSPS) is 28.2. The molecule has 2 aliphatic rings. The van der Waals surface area contributed by atoms with E-state index in [4.69, 9.17) is 9.47 Å². The summed E-state index contributed by atoms with van der Waals surface area (Å²) in [4.78, 5) is 11.5. The number of hydrogen-bond acceptors (Lipinski definition) is 3. The summed E-state index contributed by atoms with van der Waals surface area (Å²) in [6.45, 7) is 2.71. The lowest BCUT2D eigenvalue weighted by molar-refractivity contribution is -0.121. The molecule has 78 valence electrons. The minimum atomic E-state index is -0.0979. The Labute approximate surface area is 88.0 Å². The van der Waals surface area contributed by atoms with Crippen LogP contribution in [0, 0.1) is 12.8 Å². The highest BCUT2D eigenvalue weighted by atomic mass is 16.5. The van der Waals surface area contributed by atoms with Crippen LogP contribution in [0.25, 0.3) is 0 Å². The fraction of sp³-hybridized carbons (Fsp3) is 0.417. The van der Waals surface area contributed by atoms with E-state index in [9.17, 15) is 4.79 Å².